The van der Waals surface area contributed by atoms with Crippen LogP contribution in [0.3, 0.4) is 0 Å². The predicted molar refractivity (Wildman–Crippen MR) is 122 cm³/mol. The molecule has 0 aromatic rings. The van der Waals surface area contributed by atoms with Gasteiger partial charge in [0.15, 0.2) is 11.6 Å². The second kappa shape index (κ2) is 12.0. The van der Waals surface area contributed by atoms with Crippen LogP contribution in [-0.4, -0.2) is 60.3 Å². The molecule has 0 saturated heterocycles. The third kappa shape index (κ3) is 8.69. The highest BCUT2D eigenvalue weighted by atomic mass is 16.1. The van der Waals surface area contributed by atoms with Crippen molar-refractivity contribution in [1.82, 2.24) is 15.5 Å². The van der Waals surface area contributed by atoms with Crippen LogP contribution in [0.15, 0.2) is 12.2 Å². The maximum Gasteiger partial charge on any atom is 0.166 e. The van der Waals surface area contributed by atoms with E-state index in [0.29, 0.717) is 0 Å². The standard InChI is InChI=1S/C24H45N3O2/c1-19(2)22(29)24(6)14-11-9-8-10-12-16-27(7)17-13-15-23(5,26-20(3)4)21(28)18-25-24/h10,12,19-20,25-26H,8-9,11,13-18H2,1-7H3/b12-10+/t23-,24+/m1/s1. The van der Waals surface area contributed by atoms with Gasteiger partial charge in [0.1, 0.15) is 0 Å². The van der Waals surface area contributed by atoms with Gasteiger partial charge in [-0.05, 0) is 73.4 Å². The zero-order chi connectivity index (χ0) is 22.1. The van der Waals surface area contributed by atoms with Crippen molar-refractivity contribution in [3.8, 4) is 0 Å². The third-order valence-corrected chi connectivity index (χ3v) is 6.03. The molecule has 2 atom stereocenters. The molecule has 1 heterocycles. The van der Waals surface area contributed by atoms with Crippen LogP contribution in [0.5, 0.6) is 0 Å². The largest absolute Gasteiger partial charge is 0.303 e. The Hall–Kier alpha value is -1.04. The second-order valence-electron chi connectivity index (χ2n) is 9.84. The Bertz CT molecular complexity index is 558. The lowest BCUT2D eigenvalue weighted by atomic mass is 9.83. The van der Waals surface area contributed by atoms with E-state index in [1.165, 1.54) is 0 Å². The molecule has 168 valence electrons. The van der Waals surface area contributed by atoms with Gasteiger partial charge in [-0.3, -0.25) is 14.9 Å². The van der Waals surface area contributed by atoms with Crippen LogP contribution < -0.4 is 10.6 Å². The molecular weight excluding hydrogens is 362 g/mol. The number of allylic oxidation sites excluding steroid dienone is 1. The number of ketones is 2. The molecule has 0 aliphatic carbocycles. The molecule has 0 spiro atoms. The molecule has 1 aliphatic rings. The molecule has 0 unspecified atom stereocenters. The molecular formula is C24H45N3O2. The summed E-state index contributed by atoms with van der Waals surface area (Å²) < 4.78 is 0. The van der Waals surface area contributed by atoms with E-state index in [0.717, 1.165) is 51.6 Å². The molecule has 2 N–H and O–H groups in total. The highest BCUT2D eigenvalue weighted by molar-refractivity contribution is 5.93. The first-order chi connectivity index (χ1) is 13.5. The molecule has 0 bridgehead atoms. The summed E-state index contributed by atoms with van der Waals surface area (Å²) in [5.41, 5.74) is -1.24. The van der Waals surface area contributed by atoms with Crippen molar-refractivity contribution >= 4 is 11.6 Å². The van der Waals surface area contributed by atoms with Crippen LogP contribution in [0.2, 0.25) is 0 Å². The molecule has 29 heavy (non-hydrogen) atoms. The highest BCUT2D eigenvalue weighted by Gasteiger charge is 2.37. The van der Waals surface area contributed by atoms with Crippen LogP contribution in [0.25, 0.3) is 0 Å². The normalized spacial score (nSPS) is 30.6. The fraction of sp³-hybridized carbons (Fsp3) is 0.833. The van der Waals surface area contributed by atoms with E-state index in [9.17, 15) is 9.59 Å². The quantitative estimate of drug-likeness (QED) is 0.696. The van der Waals surface area contributed by atoms with Crippen molar-refractivity contribution < 1.29 is 9.59 Å². The average molecular weight is 408 g/mol. The minimum Gasteiger partial charge on any atom is -0.303 e. The van der Waals surface area contributed by atoms with Gasteiger partial charge >= 0.3 is 0 Å². The predicted octanol–water partition coefficient (Wildman–Crippen LogP) is 3.73. The topological polar surface area (TPSA) is 61.4 Å². The van der Waals surface area contributed by atoms with Crippen molar-refractivity contribution in [1.29, 1.82) is 0 Å². The first-order valence-electron chi connectivity index (χ1n) is 11.4. The lowest BCUT2D eigenvalue weighted by Crippen LogP contribution is -2.59. The second-order valence-corrected chi connectivity index (χ2v) is 9.84. The fourth-order valence-electron chi connectivity index (χ4n) is 4.24. The molecule has 0 fully saturated rings. The number of carbonyl (C=O) groups excluding carboxylic acids is 2. The van der Waals surface area contributed by atoms with Gasteiger partial charge in [0.25, 0.3) is 0 Å². The van der Waals surface area contributed by atoms with E-state index in [2.05, 4.69) is 48.6 Å². The first-order valence-corrected chi connectivity index (χ1v) is 11.4. The van der Waals surface area contributed by atoms with Crippen LogP contribution >= 0.6 is 0 Å². The number of nitrogens with zero attached hydrogens (tertiary/aromatic N) is 1. The van der Waals surface area contributed by atoms with Crippen LogP contribution in [0, 0.1) is 5.92 Å². The Balaban J connectivity index is 3.04. The van der Waals surface area contributed by atoms with Crippen molar-refractivity contribution in [2.75, 3.05) is 26.7 Å². The fourth-order valence-corrected chi connectivity index (χ4v) is 4.24. The summed E-state index contributed by atoms with van der Waals surface area (Å²) in [5, 5.41) is 6.88. The molecule has 0 aromatic carbocycles. The van der Waals surface area contributed by atoms with E-state index in [4.69, 9.17) is 0 Å². The molecule has 0 aromatic heterocycles. The Morgan fingerprint density at radius 3 is 2.41 bits per heavy atom. The first kappa shape index (κ1) is 26.0. The molecule has 1 rings (SSSR count). The molecule has 0 amide bonds. The van der Waals surface area contributed by atoms with E-state index < -0.39 is 11.1 Å². The Labute approximate surface area is 179 Å². The van der Waals surface area contributed by atoms with Gasteiger partial charge in [-0.2, -0.15) is 0 Å². The van der Waals surface area contributed by atoms with Crippen LogP contribution in [0.1, 0.15) is 80.1 Å². The van der Waals surface area contributed by atoms with Gasteiger partial charge in [0, 0.05) is 18.5 Å². The van der Waals surface area contributed by atoms with Crippen molar-refractivity contribution in [3.63, 3.8) is 0 Å². The zero-order valence-corrected chi connectivity index (χ0v) is 19.9. The Morgan fingerprint density at radius 2 is 1.79 bits per heavy atom. The monoisotopic (exact) mass is 407 g/mol. The van der Waals surface area contributed by atoms with E-state index in [1.54, 1.807) is 0 Å². The van der Waals surface area contributed by atoms with Crippen molar-refractivity contribution in [2.45, 2.75) is 97.2 Å². The number of hydrogen-bond acceptors (Lipinski definition) is 5. The molecule has 5 nitrogen and oxygen atoms in total. The molecule has 0 saturated carbocycles. The highest BCUT2D eigenvalue weighted by Crippen LogP contribution is 2.22. The summed E-state index contributed by atoms with van der Waals surface area (Å²) >= 11 is 0. The van der Waals surface area contributed by atoms with Crippen LogP contribution in [-0.2, 0) is 9.59 Å². The SMILES string of the molecule is CC(C)N[C@]1(C)CCCN(C)C/C=C/CCCC[C@@](C)(C(=O)C(C)C)NCC1=O. The Morgan fingerprint density at radius 1 is 1.10 bits per heavy atom. The maximum absolute atomic E-state index is 13.3. The van der Waals surface area contributed by atoms with Gasteiger partial charge < -0.3 is 10.2 Å². The number of Topliss-reactive ketones (excluding diaryl/α,β-unsaturated/α-hetero) is 2. The number of rotatable bonds is 4. The van der Waals surface area contributed by atoms with Gasteiger partial charge in [-0.15, -0.1) is 0 Å². The Kier molecular flexibility index (Phi) is 10.7. The maximum atomic E-state index is 13.3. The zero-order valence-electron chi connectivity index (χ0n) is 19.9. The van der Waals surface area contributed by atoms with Gasteiger partial charge in [0.2, 0.25) is 0 Å². The van der Waals surface area contributed by atoms with E-state index >= 15 is 0 Å². The summed E-state index contributed by atoms with van der Waals surface area (Å²) in [6.07, 6.45) is 10.1. The van der Waals surface area contributed by atoms with Crippen molar-refractivity contribution in [3.05, 3.63) is 12.2 Å². The van der Waals surface area contributed by atoms with Crippen LogP contribution in [0.4, 0.5) is 0 Å². The van der Waals surface area contributed by atoms with E-state index in [1.807, 2.05) is 27.7 Å². The minimum atomic E-state index is -0.649. The van der Waals surface area contributed by atoms with Crippen molar-refractivity contribution in [2.24, 2.45) is 5.92 Å². The van der Waals surface area contributed by atoms with E-state index in [-0.39, 0.29) is 30.1 Å². The molecule has 5 heteroatoms. The number of likely N-dealkylation sites (N-methyl/N-ethyl adjacent to an activating group) is 1. The smallest absolute Gasteiger partial charge is 0.166 e. The van der Waals surface area contributed by atoms with Gasteiger partial charge in [0.05, 0.1) is 17.6 Å². The van der Waals surface area contributed by atoms with Gasteiger partial charge in [-0.25, -0.2) is 0 Å². The lowest BCUT2D eigenvalue weighted by Gasteiger charge is -2.36. The summed E-state index contributed by atoms with van der Waals surface area (Å²) in [7, 11) is 2.13. The third-order valence-electron chi connectivity index (χ3n) is 6.03. The number of hydrogen-bond donors (Lipinski definition) is 2. The van der Waals surface area contributed by atoms with Gasteiger partial charge in [-0.1, -0.05) is 32.4 Å². The number of nitrogens with one attached hydrogen (secondary N) is 2. The molecule has 0 radical (unpaired) electrons. The lowest BCUT2D eigenvalue weighted by molar-refractivity contribution is -0.129. The summed E-state index contributed by atoms with van der Waals surface area (Å²) in [6, 6.07) is 0.221. The summed E-state index contributed by atoms with van der Waals surface area (Å²) in [4.78, 5) is 28.5. The average Bonchev–Trinajstić information content (AvgIpc) is 2.63. The summed E-state index contributed by atoms with van der Waals surface area (Å²) in [6.45, 7) is 14.2. The minimum absolute atomic E-state index is 0.0520. The molecule has 1 aliphatic heterocycles. The summed E-state index contributed by atoms with van der Waals surface area (Å²) in [5.74, 6) is 0.287. The number of carbonyl (C=O) groups is 2.